The molecule has 1 aromatic carbocycles. The number of nitrogens with one attached hydrogen (secondary N) is 3. The van der Waals surface area contributed by atoms with Crippen molar-refractivity contribution in [2.45, 2.75) is 31.7 Å². The Kier molecular flexibility index (Phi) is 5.45. The minimum absolute atomic E-state index is 0.110. The van der Waals surface area contributed by atoms with Gasteiger partial charge in [0.15, 0.2) is 0 Å². The van der Waals surface area contributed by atoms with E-state index in [9.17, 15) is 8.42 Å². The third-order valence-corrected chi connectivity index (χ3v) is 4.30. The first-order chi connectivity index (χ1) is 11.3. The number of nitrogens with zero attached hydrogens (tertiary/aromatic N) is 2. The zero-order valence-electron chi connectivity index (χ0n) is 13.9. The predicted octanol–water partition coefficient (Wildman–Crippen LogP) is 2.11. The Morgan fingerprint density at radius 1 is 1.12 bits per heavy atom. The van der Waals surface area contributed by atoms with E-state index in [2.05, 4.69) is 25.3 Å². The standard InChI is InChI=1S/C15H22N6O2S/c1-4-17-13-9-14(20-15(19-13)18-10(2)3)21-24(22,23)12-7-5-11(16)6-8-12/h5-10H,4,16H2,1-3H3,(H3,17,18,19,20,21). The molecule has 0 spiro atoms. The van der Waals surface area contributed by atoms with Crippen LogP contribution in [0, 0.1) is 0 Å². The lowest BCUT2D eigenvalue weighted by Gasteiger charge is -2.13. The summed E-state index contributed by atoms with van der Waals surface area (Å²) in [5.74, 6) is 1.06. The van der Waals surface area contributed by atoms with Gasteiger partial charge in [-0.3, -0.25) is 4.72 Å². The van der Waals surface area contributed by atoms with E-state index in [0.29, 0.717) is 24.0 Å². The van der Waals surface area contributed by atoms with Gasteiger partial charge < -0.3 is 16.4 Å². The molecule has 0 fully saturated rings. The number of hydrogen-bond acceptors (Lipinski definition) is 7. The molecule has 2 rings (SSSR count). The number of sulfonamides is 1. The van der Waals surface area contributed by atoms with Gasteiger partial charge >= 0.3 is 0 Å². The Hall–Kier alpha value is -2.55. The Morgan fingerprint density at radius 3 is 2.33 bits per heavy atom. The number of nitrogen functional groups attached to an aromatic ring is 1. The SMILES string of the molecule is CCNc1cc(NS(=O)(=O)c2ccc(N)cc2)nc(NC(C)C)n1. The molecule has 8 nitrogen and oxygen atoms in total. The summed E-state index contributed by atoms with van der Waals surface area (Å²) in [7, 11) is -3.76. The highest BCUT2D eigenvalue weighted by molar-refractivity contribution is 7.92. The quantitative estimate of drug-likeness (QED) is 0.564. The first kappa shape index (κ1) is 17.8. The summed E-state index contributed by atoms with van der Waals surface area (Å²) in [5, 5.41) is 6.12. The van der Waals surface area contributed by atoms with Gasteiger partial charge in [-0.1, -0.05) is 0 Å². The molecule has 5 N–H and O–H groups in total. The van der Waals surface area contributed by atoms with Crippen LogP contribution in [0.1, 0.15) is 20.8 Å². The van der Waals surface area contributed by atoms with Crippen LogP contribution in [0.2, 0.25) is 0 Å². The molecule has 0 aliphatic rings. The average molecular weight is 350 g/mol. The van der Waals surface area contributed by atoms with Gasteiger partial charge in [0.05, 0.1) is 4.90 Å². The van der Waals surface area contributed by atoms with Gasteiger partial charge in [-0.25, -0.2) is 8.42 Å². The van der Waals surface area contributed by atoms with Crippen LogP contribution in [0.15, 0.2) is 35.2 Å². The predicted molar refractivity (Wildman–Crippen MR) is 96.6 cm³/mol. The van der Waals surface area contributed by atoms with Crippen LogP contribution in [-0.2, 0) is 10.0 Å². The monoisotopic (exact) mass is 350 g/mol. The van der Waals surface area contributed by atoms with E-state index < -0.39 is 10.0 Å². The topological polar surface area (TPSA) is 122 Å². The van der Waals surface area contributed by atoms with Gasteiger partial charge in [-0.05, 0) is 45.0 Å². The molecule has 0 aliphatic carbocycles. The molecular weight excluding hydrogens is 328 g/mol. The fraction of sp³-hybridized carbons (Fsp3) is 0.333. The van der Waals surface area contributed by atoms with E-state index in [1.165, 1.54) is 24.3 Å². The molecule has 130 valence electrons. The van der Waals surface area contributed by atoms with Crippen molar-refractivity contribution in [3.8, 4) is 0 Å². The van der Waals surface area contributed by atoms with Crippen LogP contribution in [0.4, 0.5) is 23.3 Å². The lowest BCUT2D eigenvalue weighted by molar-refractivity contribution is 0.601. The molecule has 1 aromatic heterocycles. The molecule has 9 heteroatoms. The normalized spacial score (nSPS) is 11.3. The number of nitrogens with two attached hydrogens (primary N) is 1. The van der Waals surface area contributed by atoms with E-state index in [-0.39, 0.29) is 16.8 Å². The molecular formula is C15H22N6O2S. The first-order valence-electron chi connectivity index (χ1n) is 7.58. The second-order valence-corrected chi connectivity index (χ2v) is 7.15. The molecule has 1 heterocycles. The highest BCUT2D eigenvalue weighted by Crippen LogP contribution is 2.19. The maximum Gasteiger partial charge on any atom is 0.263 e. The molecule has 0 saturated carbocycles. The van der Waals surface area contributed by atoms with Crippen molar-refractivity contribution < 1.29 is 8.42 Å². The summed E-state index contributed by atoms with van der Waals surface area (Å²) in [6, 6.07) is 7.61. The van der Waals surface area contributed by atoms with Gasteiger partial charge in [0, 0.05) is 24.3 Å². The Labute approximate surface area is 142 Å². The summed E-state index contributed by atoms with van der Waals surface area (Å²) in [6.07, 6.45) is 0. The smallest absolute Gasteiger partial charge is 0.263 e. The molecule has 0 aliphatic heterocycles. The van der Waals surface area contributed by atoms with Gasteiger partial charge in [-0.15, -0.1) is 0 Å². The minimum atomic E-state index is -3.76. The highest BCUT2D eigenvalue weighted by atomic mass is 32.2. The van der Waals surface area contributed by atoms with Crippen molar-refractivity contribution in [2.75, 3.05) is 27.6 Å². The lowest BCUT2D eigenvalue weighted by Crippen LogP contribution is -2.17. The van der Waals surface area contributed by atoms with E-state index in [0.717, 1.165) is 0 Å². The van der Waals surface area contributed by atoms with Crippen LogP contribution in [0.25, 0.3) is 0 Å². The summed E-state index contributed by atoms with van der Waals surface area (Å²) in [5.41, 5.74) is 6.08. The average Bonchev–Trinajstić information content (AvgIpc) is 2.46. The van der Waals surface area contributed by atoms with Crippen LogP contribution in [0.5, 0.6) is 0 Å². The highest BCUT2D eigenvalue weighted by Gasteiger charge is 2.16. The van der Waals surface area contributed by atoms with Crippen LogP contribution in [-0.4, -0.2) is 31.0 Å². The third-order valence-electron chi connectivity index (χ3n) is 2.93. The number of benzene rings is 1. The number of aromatic nitrogens is 2. The summed E-state index contributed by atoms with van der Waals surface area (Å²) < 4.78 is 27.4. The molecule has 0 unspecified atom stereocenters. The minimum Gasteiger partial charge on any atom is -0.399 e. The zero-order valence-corrected chi connectivity index (χ0v) is 14.7. The maximum absolute atomic E-state index is 12.5. The number of hydrogen-bond donors (Lipinski definition) is 4. The number of anilines is 4. The van der Waals surface area contributed by atoms with Gasteiger partial charge in [-0.2, -0.15) is 9.97 Å². The second kappa shape index (κ2) is 7.35. The van der Waals surface area contributed by atoms with Crippen molar-refractivity contribution in [3.63, 3.8) is 0 Å². The van der Waals surface area contributed by atoms with Crippen molar-refractivity contribution in [3.05, 3.63) is 30.3 Å². The van der Waals surface area contributed by atoms with Crippen molar-refractivity contribution in [1.82, 2.24) is 9.97 Å². The van der Waals surface area contributed by atoms with E-state index >= 15 is 0 Å². The second-order valence-electron chi connectivity index (χ2n) is 5.47. The summed E-state index contributed by atoms with van der Waals surface area (Å²) in [6.45, 7) is 6.47. The molecule has 2 aromatic rings. The fourth-order valence-corrected chi connectivity index (χ4v) is 2.93. The lowest BCUT2D eigenvalue weighted by atomic mass is 10.3. The van der Waals surface area contributed by atoms with E-state index in [4.69, 9.17) is 5.73 Å². The van der Waals surface area contributed by atoms with Crippen LogP contribution in [0.3, 0.4) is 0 Å². The molecule has 0 saturated heterocycles. The zero-order chi connectivity index (χ0) is 17.7. The van der Waals surface area contributed by atoms with Gasteiger partial charge in [0.25, 0.3) is 10.0 Å². The first-order valence-corrected chi connectivity index (χ1v) is 9.06. The fourth-order valence-electron chi connectivity index (χ4n) is 1.94. The van der Waals surface area contributed by atoms with E-state index in [1.54, 1.807) is 6.07 Å². The van der Waals surface area contributed by atoms with Crippen LogP contribution < -0.4 is 21.1 Å². The van der Waals surface area contributed by atoms with Gasteiger partial charge in [0.2, 0.25) is 5.95 Å². The Morgan fingerprint density at radius 2 is 1.75 bits per heavy atom. The van der Waals surface area contributed by atoms with Crippen molar-refractivity contribution in [2.24, 2.45) is 0 Å². The molecule has 0 atom stereocenters. The Bertz CT molecular complexity index is 790. The Balaban J connectivity index is 2.32. The van der Waals surface area contributed by atoms with Crippen molar-refractivity contribution >= 4 is 33.3 Å². The third kappa shape index (κ3) is 4.72. The van der Waals surface area contributed by atoms with Crippen molar-refractivity contribution in [1.29, 1.82) is 0 Å². The summed E-state index contributed by atoms with van der Waals surface area (Å²) in [4.78, 5) is 8.61. The maximum atomic E-state index is 12.5. The summed E-state index contributed by atoms with van der Waals surface area (Å²) >= 11 is 0. The van der Waals surface area contributed by atoms with Gasteiger partial charge in [0.1, 0.15) is 11.6 Å². The molecule has 0 amide bonds. The molecule has 0 radical (unpaired) electrons. The van der Waals surface area contributed by atoms with E-state index in [1.807, 2.05) is 20.8 Å². The largest absolute Gasteiger partial charge is 0.399 e. The molecule has 24 heavy (non-hydrogen) atoms. The van der Waals surface area contributed by atoms with Crippen LogP contribution >= 0.6 is 0 Å². The number of rotatable bonds is 7. The molecule has 0 bridgehead atoms.